The number of nitrogens with one attached hydrogen (secondary N) is 3. The summed E-state index contributed by atoms with van der Waals surface area (Å²) in [6, 6.07) is 14.6. The summed E-state index contributed by atoms with van der Waals surface area (Å²) in [5.74, 6) is -0.466. The van der Waals surface area contributed by atoms with E-state index in [0.717, 1.165) is 11.1 Å². The van der Waals surface area contributed by atoms with E-state index in [4.69, 9.17) is 5.73 Å². The number of nitrogens with two attached hydrogens (primary N) is 1. The largest absolute Gasteiger partial charge is 0.506 e. The monoisotopic (exact) mass is 368 g/mol. The highest BCUT2D eigenvalue weighted by Crippen LogP contribution is 2.26. The third-order valence-corrected chi connectivity index (χ3v) is 4.57. The second-order valence-electron chi connectivity index (χ2n) is 6.67. The number of hydrogen-bond acceptors (Lipinski definition) is 5. The van der Waals surface area contributed by atoms with Crippen molar-refractivity contribution in [2.24, 2.45) is 5.73 Å². The van der Waals surface area contributed by atoms with Crippen molar-refractivity contribution in [1.29, 1.82) is 0 Å². The molecule has 1 heterocycles. The lowest BCUT2D eigenvalue weighted by atomic mass is 10.0. The van der Waals surface area contributed by atoms with Gasteiger partial charge in [-0.1, -0.05) is 36.4 Å². The molecule has 3 rings (SSSR count). The minimum absolute atomic E-state index is 0.0196. The summed E-state index contributed by atoms with van der Waals surface area (Å²) >= 11 is 0. The van der Waals surface area contributed by atoms with Gasteiger partial charge in [0.15, 0.2) is 0 Å². The van der Waals surface area contributed by atoms with E-state index in [1.807, 2.05) is 36.4 Å². The number of rotatable bonds is 6. The van der Waals surface area contributed by atoms with Crippen molar-refractivity contribution in [3.8, 4) is 5.75 Å². The molecule has 2 aromatic rings. The van der Waals surface area contributed by atoms with Gasteiger partial charge in [0.25, 0.3) is 0 Å². The van der Waals surface area contributed by atoms with Gasteiger partial charge in [-0.05, 0) is 36.1 Å². The van der Waals surface area contributed by atoms with E-state index in [1.165, 1.54) is 0 Å². The molecule has 2 aromatic carbocycles. The predicted molar refractivity (Wildman–Crippen MR) is 103 cm³/mol. The Kier molecular flexibility index (Phi) is 6.05. The topological polar surface area (TPSA) is 116 Å². The van der Waals surface area contributed by atoms with Gasteiger partial charge < -0.3 is 26.8 Å². The van der Waals surface area contributed by atoms with Gasteiger partial charge in [0.05, 0.1) is 18.3 Å². The molecule has 1 aliphatic heterocycles. The summed E-state index contributed by atoms with van der Waals surface area (Å²) in [7, 11) is 0. The smallest absolute Gasteiger partial charge is 0.241 e. The summed E-state index contributed by atoms with van der Waals surface area (Å²) in [5.41, 5.74) is 7.81. The van der Waals surface area contributed by atoms with Gasteiger partial charge in [-0.25, -0.2) is 0 Å². The molecule has 0 aliphatic carbocycles. The van der Waals surface area contributed by atoms with E-state index in [9.17, 15) is 14.7 Å². The third kappa shape index (κ3) is 5.06. The highest BCUT2D eigenvalue weighted by atomic mass is 16.3. The first kappa shape index (κ1) is 18.9. The minimum atomic E-state index is -0.440. The zero-order valence-corrected chi connectivity index (χ0v) is 14.9. The van der Waals surface area contributed by atoms with Gasteiger partial charge in [-0.3, -0.25) is 9.59 Å². The van der Waals surface area contributed by atoms with Crippen LogP contribution in [0.1, 0.15) is 17.5 Å². The first-order valence-corrected chi connectivity index (χ1v) is 8.94. The lowest BCUT2D eigenvalue weighted by Gasteiger charge is -2.14. The third-order valence-electron chi connectivity index (χ3n) is 4.57. The van der Waals surface area contributed by atoms with Crippen LogP contribution in [0.3, 0.4) is 0 Å². The minimum Gasteiger partial charge on any atom is -0.506 e. The number of anilines is 1. The van der Waals surface area contributed by atoms with Crippen LogP contribution in [0.5, 0.6) is 5.75 Å². The fourth-order valence-corrected chi connectivity index (χ4v) is 3.18. The van der Waals surface area contributed by atoms with Crippen molar-refractivity contribution < 1.29 is 14.7 Å². The number of benzene rings is 2. The molecule has 7 nitrogen and oxygen atoms in total. The van der Waals surface area contributed by atoms with Crippen molar-refractivity contribution >= 4 is 17.5 Å². The molecule has 0 saturated carbocycles. The maximum atomic E-state index is 12.5. The summed E-state index contributed by atoms with van der Waals surface area (Å²) in [6.45, 7) is 0.430. The van der Waals surface area contributed by atoms with E-state index in [2.05, 4.69) is 16.0 Å². The Morgan fingerprint density at radius 3 is 2.67 bits per heavy atom. The predicted octanol–water partition coefficient (Wildman–Crippen LogP) is 0.727. The molecule has 1 saturated heterocycles. The van der Waals surface area contributed by atoms with Gasteiger partial charge in [0, 0.05) is 12.6 Å². The fraction of sp³-hybridized carbons (Fsp3) is 0.300. The van der Waals surface area contributed by atoms with Gasteiger partial charge in [0.1, 0.15) is 5.75 Å². The van der Waals surface area contributed by atoms with Gasteiger partial charge in [-0.2, -0.15) is 0 Å². The second kappa shape index (κ2) is 8.66. The summed E-state index contributed by atoms with van der Waals surface area (Å²) in [4.78, 5) is 23.9. The van der Waals surface area contributed by atoms with E-state index < -0.39 is 6.04 Å². The zero-order chi connectivity index (χ0) is 19.2. The molecular formula is C20H24N4O3. The molecule has 6 N–H and O–H groups in total. The molecule has 0 radical (unpaired) electrons. The number of phenols is 1. The zero-order valence-electron chi connectivity index (χ0n) is 14.9. The van der Waals surface area contributed by atoms with Crippen LogP contribution in [0.2, 0.25) is 0 Å². The Bertz CT molecular complexity index is 810. The van der Waals surface area contributed by atoms with Crippen LogP contribution < -0.4 is 21.7 Å². The number of aromatic hydroxyl groups is 1. The van der Waals surface area contributed by atoms with Gasteiger partial charge >= 0.3 is 0 Å². The fourth-order valence-electron chi connectivity index (χ4n) is 3.18. The molecule has 0 aromatic heterocycles. The van der Waals surface area contributed by atoms with Gasteiger partial charge in [-0.15, -0.1) is 0 Å². The molecule has 2 amide bonds. The van der Waals surface area contributed by atoms with E-state index >= 15 is 0 Å². The number of hydrogen-bond donors (Lipinski definition) is 5. The van der Waals surface area contributed by atoms with Crippen molar-refractivity contribution in [2.45, 2.75) is 24.9 Å². The van der Waals surface area contributed by atoms with Crippen LogP contribution in [0.25, 0.3) is 0 Å². The van der Waals surface area contributed by atoms with Gasteiger partial charge in [0.2, 0.25) is 11.8 Å². The lowest BCUT2D eigenvalue weighted by Crippen LogP contribution is -2.39. The van der Waals surface area contributed by atoms with Crippen LogP contribution in [-0.2, 0) is 16.0 Å². The van der Waals surface area contributed by atoms with E-state index in [0.29, 0.717) is 25.1 Å². The summed E-state index contributed by atoms with van der Waals surface area (Å²) in [6.07, 6.45) is 1.18. The first-order valence-electron chi connectivity index (χ1n) is 8.94. The molecule has 7 heteroatoms. The highest BCUT2D eigenvalue weighted by Gasteiger charge is 2.30. The van der Waals surface area contributed by atoms with Crippen LogP contribution in [0, 0.1) is 0 Å². The Labute approximate surface area is 158 Å². The standard InChI is InChI=1S/C20H24N4O3/c21-11-19(26)23-15-10-17(22-12-15)20(27)24-16-9-14(6-7-18(16)25)8-13-4-2-1-3-5-13/h1-7,9,15,17,22,25H,8,10-12,21H2,(H,23,26)(H,24,27)/t15-,17+/m1/s1. The Balaban J connectivity index is 1.62. The molecule has 1 aliphatic rings. The average molecular weight is 368 g/mol. The van der Waals surface area contributed by atoms with Crippen LogP contribution in [0.15, 0.2) is 48.5 Å². The Hall–Kier alpha value is -2.90. The van der Waals surface area contributed by atoms with E-state index in [1.54, 1.807) is 12.1 Å². The molecular weight excluding hydrogens is 344 g/mol. The quantitative estimate of drug-likeness (QED) is 0.482. The second-order valence-corrected chi connectivity index (χ2v) is 6.67. The van der Waals surface area contributed by atoms with Crippen molar-refractivity contribution in [3.63, 3.8) is 0 Å². The number of phenolic OH excluding ortho intramolecular Hbond substituents is 1. The maximum Gasteiger partial charge on any atom is 0.241 e. The number of amides is 2. The van der Waals surface area contributed by atoms with Crippen LogP contribution in [0.4, 0.5) is 5.69 Å². The highest BCUT2D eigenvalue weighted by molar-refractivity contribution is 5.96. The molecule has 0 unspecified atom stereocenters. The summed E-state index contributed by atoms with van der Waals surface area (Å²) < 4.78 is 0. The van der Waals surface area contributed by atoms with Crippen molar-refractivity contribution in [2.75, 3.05) is 18.4 Å². The SMILES string of the molecule is NCC(=O)N[C@H]1CN[C@H](C(=O)Nc2cc(Cc3ccccc3)ccc2O)C1. The molecule has 1 fully saturated rings. The van der Waals surface area contributed by atoms with E-state index in [-0.39, 0.29) is 30.2 Å². The normalized spacial score (nSPS) is 18.9. The summed E-state index contributed by atoms with van der Waals surface area (Å²) in [5, 5.41) is 18.7. The molecule has 0 bridgehead atoms. The molecule has 27 heavy (non-hydrogen) atoms. The molecule has 142 valence electrons. The lowest BCUT2D eigenvalue weighted by molar-refractivity contribution is -0.121. The van der Waals surface area contributed by atoms with Crippen LogP contribution >= 0.6 is 0 Å². The molecule has 0 spiro atoms. The Morgan fingerprint density at radius 2 is 1.93 bits per heavy atom. The average Bonchev–Trinajstić information content (AvgIpc) is 3.14. The number of carbonyl (C=O) groups excluding carboxylic acids is 2. The Morgan fingerprint density at radius 1 is 1.15 bits per heavy atom. The van der Waals surface area contributed by atoms with Crippen molar-refractivity contribution in [3.05, 3.63) is 59.7 Å². The van der Waals surface area contributed by atoms with Crippen molar-refractivity contribution in [1.82, 2.24) is 10.6 Å². The van der Waals surface area contributed by atoms with Crippen LogP contribution in [-0.4, -0.2) is 42.1 Å². The maximum absolute atomic E-state index is 12.5. The first-order chi connectivity index (χ1) is 13.0. The molecule has 2 atom stereocenters. The number of carbonyl (C=O) groups is 2.